The van der Waals surface area contributed by atoms with E-state index in [0.717, 1.165) is 30.0 Å². The van der Waals surface area contributed by atoms with E-state index in [4.69, 9.17) is 9.47 Å². The number of carbonyl (C=O) groups excluding carboxylic acids is 1. The molecule has 2 aromatic rings. The molecule has 4 rings (SSSR count). The van der Waals surface area contributed by atoms with Crippen molar-refractivity contribution in [2.75, 3.05) is 36.5 Å². The molecule has 0 radical (unpaired) electrons. The lowest BCUT2D eigenvalue weighted by atomic mass is 10.1. The lowest BCUT2D eigenvalue weighted by Crippen LogP contribution is -2.36. The first-order valence-corrected chi connectivity index (χ1v) is 9.82. The number of nitrogens with zero attached hydrogens (tertiary/aromatic N) is 3. The normalized spacial score (nSPS) is 16.7. The summed E-state index contributed by atoms with van der Waals surface area (Å²) >= 11 is 0. The molecule has 3 heterocycles. The van der Waals surface area contributed by atoms with E-state index in [1.165, 1.54) is 10.5 Å². The van der Waals surface area contributed by atoms with Crippen LogP contribution in [0.2, 0.25) is 0 Å². The van der Waals surface area contributed by atoms with E-state index in [1.54, 1.807) is 6.20 Å². The first kappa shape index (κ1) is 19.2. The highest BCUT2D eigenvalue weighted by molar-refractivity contribution is 5.89. The number of hydrogen-bond donors (Lipinski definition) is 2. The number of benzene rings is 1. The number of nitrogens with one attached hydrogen (secondary N) is 2. The molecule has 29 heavy (non-hydrogen) atoms. The first-order valence-electron chi connectivity index (χ1n) is 9.82. The molecule has 8 nitrogen and oxygen atoms in total. The van der Waals surface area contributed by atoms with Gasteiger partial charge >= 0.3 is 6.09 Å². The van der Waals surface area contributed by atoms with Gasteiger partial charge in [0.25, 0.3) is 0 Å². The van der Waals surface area contributed by atoms with Crippen LogP contribution >= 0.6 is 0 Å². The van der Waals surface area contributed by atoms with Crippen molar-refractivity contribution in [3.63, 3.8) is 0 Å². The molecule has 1 amide bonds. The van der Waals surface area contributed by atoms with Crippen molar-refractivity contribution in [1.82, 2.24) is 15.3 Å². The van der Waals surface area contributed by atoms with Gasteiger partial charge in [-0.05, 0) is 37.1 Å². The Kier molecular flexibility index (Phi) is 5.62. The number of ether oxygens (including phenoxy) is 2. The molecular formula is C21H25N5O3. The molecule has 0 fully saturated rings. The Morgan fingerprint density at radius 3 is 2.90 bits per heavy atom. The van der Waals surface area contributed by atoms with Gasteiger partial charge in [0.2, 0.25) is 5.95 Å². The van der Waals surface area contributed by atoms with Crippen LogP contribution in [0.15, 0.2) is 42.1 Å². The smallest absolute Gasteiger partial charge is 0.415 e. The average molecular weight is 395 g/mol. The summed E-state index contributed by atoms with van der Waals surface area (Å²) in [5.41, 5.74) is 3.17. The second-order valence-corrected chi connectivity index (χ2v) is 7.06. The first-order chi connectivity index (χ1) is 14.1. The van der Waals surface area contributed by atoms with Gasteiger partial charge in [-0.2, -0.15) is 4.98 Å². The lowest BCUT2D eigenvalue weighted by Gasteiger charge is -2.27. The molecule has 2 aliphatic heterocycles. The molecule has 0 spiro atoms. The maximum atomic E-state index is 11.9. The number of cyclic esters (lactones) is 1. The van der Waals surface area contributed by atoms with Gasteiger partial charge in [0.05, 0.1) is 11.6 Å². The second-order valence-electron chi connectivity index (χ2n) is 7.06. The Bertz CT molecular complexity index is 913. The predicted octanol–water partition coefficient (Wildman–Crippen LogP) is 3.03. The third-order valence-corrected chi connectivity index (χ3v) is 5.02. The van der Waals surface area contributed by atoms with Crippen molar-refractivity contribution in [1.29, 1.82) is 0 Å². The highest BCUT2D eigenvalue weighted by atomic mass is 16.6. The van der Waals surface area contributed by atoms with E-state index in [1.807, 2.05) is 38.1 Å². The Hall–Kier alpha value is -3.13. The molecule has 1 atom stereocenters. The van der Waals surface area contributed by atoms with Gasteiger partial charge in [-0.3, -0.25) is 4.90 Å². The van der Waals surface area contributed by atoms with Crippen LogP contribution in [0, 0.1) is 0 Å². The largest absolute Gasteiger partial charge is 0.489 e. The molecule has 0 saturated carbocycles. The molecular weight excluding hydrogens is 370 g/mol. The summed E-state index contributed by atoms with van der Waals surface area (Å²) < 4.78 is 11.0. The fraction of sp³-hybridized carbons (Fsp3) is 0.381. The van der Waals surface area contributed by atoms with E-state index < -0.39 is 0 Å². The molecule has 2 N–H and O–H groups in total. The Morgan fingerprint density at radius 1 is 1.34 bits per heavy atom. The van der Waals surface area contributed by atoms with Crippen molar-refractivity contribution in [2.45, 2.75) is 26.5 Å². The molecule has 0 saturated heterocycles. The van der Waals surface area contributed by atoms with Crippen molar-refractivity contribution >= 4 is 17.9 Å². The predicted molar refractivity (Wildman–Crippen MR) is 110 cm³/mol. The summed E-state index contributed by atoms with van der Waals surface area (Å²) in [6.07, 6.45) is 3.49. The van der Waals surface area contributed by atoms with Gasteiger partial charge in [0, 0.05) is 25.8 Å². The standard InChI is InChI=1S/C21H25N5O3/c1-3-26-19-17(13-29-21(26)27)11-23-20(25-19)24-14(2)16-4-6-18(7-5-16)28-12-15-8-9-22-10-15/h4-8,11,14,22H,3,9-10,12-13H2,1-2H3,(H,23,24,25). The average Bonchev–Trinajstić information content (AvgIpc) is 3.26. The van der Waals surface area contributed by atoms with Crippen LogP contribution < -0.4 is 20.3 Å². The number of hydrogen-bond acceptors (Lipinski definition) is 7. The molecule has 2 aliphatic rings. The Labute approximate surface area is 169 Å². The number of carbonyl (C=O) groups is 1. The van der Waals surface area contributed by atoms with Gasteiger partial charge in [-0.25, -0.2) is 9.78 Å². The second kappa shape index (κ2) is 8.48. The summed E-state index contributed by atoms with van der Waals surface area (Å²) in [4.78, 5) is 22.3. The Balaban J connectivity index is 1.40. The number of amides is 1. The number of anilines is 2. The van der Waals surface area contributed by atoms with E-state index in [2.05, 4.69) is 26.7 Å². The van der Waals surface area contributed by atoms with Crippen LogP contribution in [0.4, 0.5) is 16.6 Å². The highest BCUT2D eigenvalue weighted by Crippen LogP contribution is 2.27. The fourth-order valence-corrected chi connectivity index (χ4v) is 3.32. The molecule has 1 aromatic heterocycles. The molecule has 152 valence electrons. The van der Waals surface area contributed by atoms with Crippen LogP contribution in [0.3, 0.4) is 0 Å². The molecule has 0 aliphatic carbocycles. The quantitative estimate of drug-likeness (QED) is 0.697. The van der Waals surface area contributed by atoms with Crippen LogP contribution in [0.1, 0.15) is 31.0 Å². The minimum Gasteiger partial charge on any atom is -0.489 e. The van der Waals surface area contributed by atoms with Gasteiger partial charge in [-0.15, -0.1) is 0 Å². The number of fused-ring (bicyclic) bond motifs is 1. The number of rotatable bonds is 7. The van der Waals surface area contributed by atoms with Gasteiger partial charge < -0.3 is 20.1 Å². The van der Waals surface area contributed by atoms with Gasteiger partial charge in [-0.1, -0.05) is 18.2 Å². The zero-order valence-electron chi connectivity index (χ0n) is 16.6. The lowest BCUT2D eigenvalue weighted by molar-refractivity contribution is 0.141. The van der Waals surface area contributed by atoms with Gasteiger partial charge in [0.15, 0.2) is 0 Å². The van der Waals surface area contributed by atoms with E-state index >= 15 is 0 Å². The summed E-state index contributed by atoms with van der Waals surface area (Å²) in [7, 11) is 0. The molecule has 8 heteroatoms. The minimum atomic E-state index is -0.377. The van der Waals surface area contributed by atoms with Crippen LogP contribution in [-0.2, 0) is 11.3 Å². The van der Waals surface area contributed by atoms with Crippen LogP contribution in [-0.4, -0.2) is 42.3 Å². The maximum absolute atomic E-state index is 11.9. The summed E-state index contributed by atoms with van der Waals surface area (Å²) in [6, 6.07) is 8.00. The SMILES string of the molecule is CCN1C(=O)OCc2cnc(NC(C)c3ccc(OCC4=CCNC4)cc3)nc21. The monoisotopic (exact) mass is 395 g/mol. The summed E-state index contributed by atoms with van der Waals surface area (Å²) in [6.45, 7) is 7.05. The molecule has 0 bridgehead atoms. The van der Waals surface area contributed by atoms with Crippen LogP contribution in [0.25, 0.3) is 0 Å². The topological polar surface area (TPSA) is 88.6 Å². The van der Waals surface area contributed by atoms with E-state index in [0.29, 0.717) is 24.9 Å². The Morgan fingerprint density at radius 2 is 2.17 bits per heavy atom. The summed E-state index contributed by atoms with van der Waals surface area (Å²) in [5, 5.41) is 6.57. The third-order valence-electron chi connectivity index (χ3n) is 5.02. The van der Waals surface area contributed by atoms with Crippen molar-refractivity contribution in [2.24, 2.45) is 0 Å². The zero-order chi connectivity index (χ0) is 20.2. The maximum Gasteiger partial charge on any atom is 0.415 e. The highest BCUT2D eigenvalue weighted by Gasteiger charge is 2.26. The fourth-order valence-electron chi connectivity index (χ4n) is 3.32. The van der Waals surface area contributed by atoms with Crippen molar-refractivity contribution < 1.29 is 14.3 Å². The summed E-state index contributed by atoms with van der Waals surface area (Å²) in [5.74, 6) is 1.93. The van der Waals surface area contributed by atoms with Gasteiger partial charge in [0.1, 0.15) is 24.8 Å². The third kappa shape index (κ3) is 4.32. The van der Waals surface area contributed by atoms with Crippen molar-refractivity contribution in [3.8, 4) is 5.75 Å². The number of aromatic nitrogens is 2. The van der Waals surface area contributed by atoms with E-state index in [9.17, 15) is 4.79 Å². The van der Waals surface area contributed by atoms with E-state index in [-0.39, 0.29) is 18.7 Å². The molecule has 1 aromatic carbocycles. The molecule has 1 unspecified atom stereocenters. The minimum absolute atomic E-state index is 0.00513. The van der Waals surface area contributed by atoms with Crippen LogP contribution in [0.5, 0.6) is 5.75 Å². The zero-order valence-corrected chi connectivity index (χ0v) is 16.6. The van der Waals surface area contributed by atoms with Crippen molar-refractivity contribution in [3.05, 3.63) is 53.2 Å².